The van der Waals surface area contributed by atoms with E-state index in [0.717, 1.165) is 25.2 Å². The Bertz CT molecular complexity index is 286. The lowest BCUT2D eigenvalue weighted by Gasteiger charge is -2.11. The van der Waals surface area contributed by atoms with Crippen molar-refractivity contribution in [3.05, 3.63) is 29.8 Å². The van der Waals surface area contributed by atoms with E-state index in [4.69, 9.17) is 4.74 Å². The molecule has 2 nitrogen and oxygen atoms in total. The molecular weight excluding hydrogens is 186 g/mol. The van der Waals surface area contributed by atoms with Crippen LogP contribution in [0.3, 0.4) is 0 Å². The van der Waals surface area contributed by atoms with Gasteiger partial charge in [-0.15, -0.1) is 0 Å². The zero-order chi connectivity index (χ0) is 11.1. The van der Waals surface area contributed by atoms with Gasteiger partial charge in [-0.3, -0.25) is 0 Å². The first-order valence-electron chi connectivity index (χ1n) is 5.59. The third kappa shape index (κ3) is 4.34. The van der Waals surface area contributed by atoms with Crippen LogP contribution >= 0.6 is 0 Å². The Morgan fingerprint density at radius 2 is 2.07 bits per heavy atom. The van der Waals surface area contributed by atoms with E-state index in [2.05, 4.69) is 25.2 Å². The summed E-state index contributed by atoms with van der Waals surface area (Å²) in [5.41, 5.74) is 1.21. The zero-order valence-electron chi connectivity index (χ0n) is 9.92. The Morgan fingerprint density at radius 1 is 1.33 bits per heavy atom. The van der Waals surface area contributed by atoms with Crippen LogP contribution in [0.4, 0.5) is 0 Å². The second kappa shape index (κ2) is 6.46. The molecule has 1 unspecified atom stereocenters. The summed E-state index contributed by atoms with van der Waals surface area (Å²) in [4.78, 5) is 0. The summed E-state index contributed by atoms with van der Waals surface area (Å²) in [5.74, 6) is 1.01. The molecule has 0 saturated heterocycles. The minimum absolute atomic E-state index is 0.575. The van der Waals surface area contributed by atoms with E-state index >= 15 is 0 Å². The molecule has 2 heteroatoms. The number of benzene rings is 1. The molecule has 1 aromatic carbocycles. The van der Waals surface area contributed by atoms with Crippen molar-refractivity contribution in [1.29, 1.82) is 0 Å². The predicted molar refractivity (Wildman–Crippen MR) is 64.4 cm³/mol. The molecule has 1 atom stereocenters. The summed E-state index contributed by atoms with van der Waals surface area (Å²) >= 11 is 0. The van der Waals surface area contributed by atoms with Gasteiger partial charge in [-0.2, -0.15) is 0 Å². The Kier molecular flexibility index (Phi) is 5.19. The summed E-state index contributed by atoms with van der Waals surface area (Å²) < 4.78 is 5.70. The van der Waals surface area contributed by atoms with Gasteiger partial charge in [-0.25, -0.2) is 0 Å². The lowest BCUT2D eigenvalue weighted by Crippen LogP contribution is -2.21. The van der Waals surface area contributed by atoms with Crippen LogP contribution in [-0.4, -0.2) is 19.7 Å². The van der Waals surface area contributed by atoms with Gasteiger partial charge in [-0.1, -0.05) is 18.2 Å². The molecule has 1 aromatic rings. The van der Waals surface area contributed by atoms with Gasteiger partial charge in [0, 0.05) is 6.04 Å². The molecule has 15 heavy (non-hydrogen) atoms. The second-order valence-corrected chi connectivity index (χ2v) is 3.95. The highest BCUT2D eigenvalue weighted by atomic mass is 16.5. The molecule has 0 aliphatic carbocycles. The Labute approximate surface area is 92.6 Å². The fraction of sp³-hybridized carbons (Fsp3) is 0.538. The first-order chi connectivity index (χ1) is 7.24. The molecule has 0 saturated carbocycles. The highest BCUT2D eigenvalue weighted by Gasteiger charge is 1.99. The van der Waals surface area contributed by atoms with Crippen LogP contribution < -0.4 is 10.1 Å². The van der Waals surface area contributed by atoms with Crippen LogP contribution in [0, 0.1) is 6.92 Å². The van der Waals surface area contributed by atoms with E-state index in [1.165, 1.54) is 5.56 Å². The van der Waals surface area contributed by atoms with Crippen molar-refractivity contribution in [2.24, 2.45) is 0 Å². The van der Waals surface area contributed by atoms with Gasteiger partial charge < -0.3 is 10.1 Å². The van der Waals surface area contributed by atoms with E-state index in [0.29, 0.717) is 6.04 Å². The van der Waals surface area contributed by atoms with E-state index < -0.39 is 0 Å². The smallest absolute Gasteiger partial charge is 0.122 e. The Hall–Kier alpha value is -1.02. The molecule has 0 aliphatic heterocycles. The molecule has 0 radical (unpaired) electrons. The highest BCUT2D eigenvalue weighted by Crippen LogP contribution is 2.16. The van der Waals surface area contributed by atoms with Gasteiger partial charge in [-0.05, 0) is 45.4 Å². The Morgan fingerprint density at radius 3 is 2.73 bits per heavy atom. The van der Waals surface area contributed by atoms with Crippen molar-refractivity contribution in [3.8, 4) is 5.75 Å². The molecule has 1 N–H and O–H groups in total. The SMILES string of the molecule is CNC(C)CCCOc1ccccc1C. The molecule has 0 aromatic heterocycles. The molecule has 0 heterocycles. The number of aryl methyl sites for hydroxylation is 1. The van der Waals surface area contributed by atoms with E-state index in [9.17, 15) is 0 Å². The van der Waals surface area contributed by atoms with Crippen LogP contribution in [0.2, 0.25) is 0 Å². The monoisotopic (exact) mass is 207 g/mol. The molecule has 0 aliphatic rings. The third-order valence-electron chi connectivity index (χ3n) is 2.63. The van der Waals surface area contributed by atoms with Crippen molar-refractivity contribution in [2.45, 2.75) is 32.7 Å². The summed E-state index contributed by atoms with van der Waals surface area (Å²) in [7, 11) is 1.99. The predicted octanol–water partition coefficient (Wildman–Crippen LogP) is 2.76. The van der Waals surface area contributed by atoms with Gasteiger partial charge in [0.2, 0.25) is 0 Å². The van der Waals surface area contributed by atoms with Crippen molar-refractivity contribution < 1.29 is 4.74 Å². The van der Waals surface area contributed by atoms with E-state index in [-0.39, 0.29) is 0 Å². The van der Waals surface area contributed by atoms with Gasteiger partial charge in [0.1, 0.15) is 5.75 Å². The molecule has 1 rings (SSSR count). The van der Waals surface area contributed by atoms with Crippen LogP contribution in [0.5, 0.6) is 5.75 Å². The van der Waals surface area contributed by atoms with E-state index in [1.54, 1.807) is 0 Å². The fourth-order valence-electron chi connectivity index (χ4n) is 1.43. The molecule has 0 amide bonds. The number of hydrogen-bond donors (Lipinski definition) is 1. The third-order valence-corrected chi connectivity index (χ3v) is 2.63. The maximum Gasteiger partial charge on any atom is 0.122 e. The average molecular weight is 207 g/mol. The van der Waals surface area contributed by atoms with Crippen LogP contribution in [-0.2, 0) is 0 Å². The largest absolute Gasteiger partial charge is 0.493 e. The minimum Gasteiger partial charge on any atom is -0.493 e. The summed E-state index contributed by atoms with van der Waals surface area (Å²) in [6.45, 7) is 5.07. The maximum absolute atomic E-state index is 5.70. The highest BCUT2D eigenvalue weighted by molar-refractivity contribution is 5.31. The number of para-hydroxylation sites is 1. The molecule has 0 bridgehead atoms. The molecule has 84 valence electrons. The van der Waals surface area contributed by atoms with Gasteiger partial charge in [0.05, 0.1) is 6.61 Å². The summed E-state index contributed by atoms with van der Waals surface area (Å²) in [6, 6.07) is 8.72. The topological polar surface area (TPSA) is 21.3 Å². The first kappa shape index (κ1) is 12.1. The summed E-state index contributed by atoms with van der Waals surface area (Å²) in [5, 5.41) is 3.22. The summed E-state index contributed by atoms with van der Waals surface area (Å²) in [6.07, 6.45) is 2.25. The quantitative estimate of drug-likeness (QED) is 0.724. The van der Waals surface area contributed by atoms with Crippen LogP contribution in [0.25, 0.3) is 0 Å². The average Bonchev–Trinajstić information content (AvgIpc) is 2.26. The standard InChI is InChI=1S/C13H21NO/c1-11-7-4-5-9-13(11)15-10-6-8-12(2)14-3/h4-5,7,9,12,14H,6,8,10H2,1-3H3. The lowest BCUT2D eigenvalue weighted by molar-refractivity contribution is 0.297. The zero-order valence-corrected chi connectivity index (χ0v) is 9.92. The first-order valence-corrected chi connectivity index (χ1v) is 5.59. The molecule has 0 fully saturated rings. The normalized spacial score (nSPS) is 12.5. The van der Waals surface area contributed by atoms with E-state index in [1.807, 2.05) is 25.2 Å². The lowest BCUT2D eigenvalue weighted by atomic mass is 10.2. The number of rotatable bonds is 6. The van der Waals surface area contributed by atoms with Gasteiger partial charge >= 0.3 is 0 Å². The maximum atomic E-state index is 5.70. The Balaban J connectivity index is 2.23. The van der Waals surface area contributed by atoms with Gasteiger partial charge in [0.25, 0.3) is 0 Å². The van der Waals surface area contributed by atoms with Crippen molar-refractivity contribution in [2.75, 3.05) is 13.7 Å². The van der Waals surface area contributed by atoms with Crippen molar-refractivity contribution >= 4 is 0 Å². The molecule has 0 spiro atoms. The minimum atomic E-state index is 0.575. The number of hydrogen-bond acceptors (Lipinski definition) is 2. The number of nitrogens with one attached hydrogen (secondary N) is 1. The van der Waals surface area contributed by atoms with Gasteiger partial charge in [0.15, 0.2) is 0 Å². The number of ether oxygens (including phenoxy) is 1. The second-order valence-electron chi connectivity index (χ2n) is 3.95. The fourth-order valence-corrected chi connectivity index (χ4v) is 1.43. The van der Waals surface area contributed by atoms with Crippen molar-refractivity contribution in [3.63, 3.8) is 0 Å². The van der Waals surface area contributed by atoms with Crippen molar-refractivity contribution in [1.82, 2.24) is 5.32 Å². The molecular formula is C13H21NO. The van der Waals surface area contributed by atoms with Crippen LogP contribution in [0.1, 0.15) is 25.3 Å². The van der Waals surface area contributed by atoms with Crippen LogP contribution in [0.15, 0.2) is 24.3 Å².